The van der Waals surface area contributed by atoms with Crippen molar-refractivity contribution in [2.24, 2.45) is 29.1 Å². The van der Waals surface area contributed by atoms with Crippen molar-refractivity contribution in [1.82, 2.24) is 5.32 Å². The van der Waals surface area contributed by atoms with Crippen LogP contribution in [0.5, 0.6) is 0 Å². The van der Waals surface area contributed by atoms with E-state index in [1.54, 1.807) is 0 Å². The Kier molecular flexibility index (Phi) is 3.36. The second kappa shape index (κ2) is 4.33. The lowest BCUT2D eigenvalue weighted by Gasteiger charge is -2.37. The van der Waals surface area contributed by atoms with Gasteiger partial charge in [-0.15, -0.1) is 0 Å². The first-order chi connectivity index (χ1) is 7.45. The summed E-state index contributed by atoms with van der Waals surface area (Å²) in [5, 5.41) is 3.62. The Morgan fingerprint density at radius 2 is 1.75 bits per heavy atom. The fourth-order valence-corrected chi connectivity index (χ4v) is 3.80. The Morgan fingerprint density at radius 3 is 2.19 bits per heavy atom. The maximum absolute atomic E-state index is 3.62. The molecule has 1 N–H and O–H groups in total. The van der Waals surface area contributed by atoms with E-state index in [9.17, 15) is 0 Å². The molecule has 0 aromatic heterocycles. The van der Waals surface area contributed by atoms with Crippen LogP contribution in [0.2, 0.25) is 0 Å². The Balaban J connectivity index is 1.95. The van der Waals surface area contributed by atoms with Gasteiger partial charge in [-0.1, -0.05) is 34.1 Å². The maximum atomic E-state index is 3.62. The van der Waals surface area contributed by atoms with Gasteiger partial charge in [0.1, 0.15) is 0 Å². The summed E-state index contributed by atoms with van der Waals surface area (Å²) in [7, 11) is 2.17. The first-order valence-corrected chi connectivity index (χ1v) is 7.13. The van der Waals surface area contributed by atoms with Crippen LogP contribution in [0.15, 0.2) is 0 Å². The normalized spacial score (nSPS) is 44.1. The van der Waals surface area contributed by atoms with Crippen LogP contribution in [0, 0.1) is 29.1 Å². The van der Waals surface area contributed by atoms with E-state index in [1.165, 1.54) is 25.7 Å². The SMILES string of the molecule is CNC(C1CCC(C)C(C)C1)C1CC1(C)C. The highest BCUT2D eigenvalue weighted by Gasteiger charge is 2.51. The van der Waals surface area contributed by atoms with E-state index in [1.807, 2.05) is 0 Å². The van der Waals surface area contributed by atoms with Gasteiger partial charge in [-0.25, -0.2) is 0 Å². The van der Waals surface area contributed by atoms with Crippen molar-refractivity contribution in [1.29, 1.82) is 0 Å². The molecule has 0 aromatic carbocycles. The molecule has 5 atom stereocenters. The Hall–Kier alpha value is -0.0400. The minimum atomic E-state index is 0.611. The molecule has 2 rings (SSSR count). The molecule has 0 spiro atoms. The second-order valence-corrected chi connectivity index (χ2v) is 7.14. The molecule has 2 aliphatic rings. The fraction of sp³-hybridized carbons (Fsp3) is 1.00. The molecular weight excluding hydrogens is 194 g/mol. The lowest BCUT2D eigenvalue weighted by Crippen LogP contribution is -2.40. The zero-order valence-corrected chi connectivity index (χ0v) is 11.7. The zero-order valence-electron chi connectivity index (χ0n) is 11.7. The molecule has 16 heavy (non-hydrogen) atoms. The van der Waals surface area contributed by atoms with Crippen molar-refractivity contribution in [3.8, 4) is 0 Å². The van der Waals surface area contributed by atoms with E-state index >= 15 is 0 Å². The van der Waals surface area contributed by atoms with Crippen molar-refractivity contribution in [2.45, 2.75) is 59.4 Å². The van der Waals surface area contributed by atoms with Crippen molar-refractivity contribution in [2.75, 3.05) is 7.05 Å². The maximum Gasteiger partial charge on any atom is 0.0126 e. The van der Waals surface area contributed by atoms with Gasteiger partial charge in [0.15, 0.2) is 0 Å². The van der Waals surface area contributed by atoms with Gasteiger partial charge in [-0.2, -0.15) is 0 Å². The Labute approximate surface area is 101 Å². The zero-order chi connectivity index (χ0) is 11.9. The summed E-state index contributed by atoms with van der Waals surface area (Å²) in [5.74, 6) is 3.74. The average molecular weight is 223 g/mol. The molecule has 1 nitrogen and oxygen atoms in total. The summed E-state index contributed by atoms with van der Waals surface area (Å²) in [6.45, 7) is 9.73. The van der Waals surface area contributed by atoms with Crippen LogP contribution in [-0.4, -0.2) is 13.1 Å². The third kappa shape index (κ3) is 2.30. The van der Waals surface area contributed by atoms with Gasteiger partial charge < -0.3 is 5.32 Å². The summed E-state index contributed by atoms with van der Waals surface area (Å²) >= 11 is 0. The largest absolute Gasteiger partial charge is 0.316 e. The van der Waals surface area contributed by atoms with Crippen LogP contribution in [-0.2, 0) is 0 Å². The number of nitrogens with one attached hydrogen (secondary N) is 1. The molecule has 0 radical (unpaired) electrons. The predicted molar refractivity (Wildman–Crippen MR) is 70.4 cm³/mol. The van der Waals surface area contributed by atoms with Gasteiger partial charge in [-0.3, -0.25) is 0 Å². The van der Waals surface area contributed by atoms with Gasteiger partial charge in [0, 0.05) is 6.04 Å². The molecular formula is C15H29N. The molecule has 5 unspecified atom stereocenters. The van der Waals surface area contributed by atoms with Crippen LogP contribution < -0.4 is 5.32 Å². The summed E-state index contributed by atoms with van der Waals surface area (Å²) < 4.78 is 0. The van der Waals surface area contributed by atoms with Crippen LogP contribution >= 0.6 is 0 Å². The van der Waals surface area contributed by atoms with Crippen molar-refractivity contribution >= 4 is 0 Å². The smallest absolute Gasteiger partial charge is 0.0126 e. The van der Waals surface area contributed by atoms with Crippen molar-refractivity contribution < 1.29 is 0 Å². The first kappa shape index (κ1) is 12.4. The molecule has 0 amide bonds. The number of hydrogen-bond acceptors (Lipinski definition) is 1. The highest BCUT2D eigenvalue weighted by atomic mass is 14.9. The lowest BCUT2D eigenvalue weighted by atomic mass is 9.72. The van der Waals surface area contributed by atoms with Gasteiger partial charge >= 0.3 is 0 Å². The summed E-state index contributed by atoms with van der Waals surface area (Å²) in [4.78, 5) is 0. The fourth-order valence-electron chi connectivity index (χ4n) is 3.80. The summed E-state index contributed by atoms with van der Waals surface area (Å²) in [6.07, 6.45) is 5.76. The lowest BCUT2D eigenvalue weighted by molar-refractivity contribution is 0.158. The van der Waals surface area contributed by atoms with Gasteiger partial charge in [0.2, 0.25) is 0 Å². The number of hydrogen-bond donors (Lipinski definition) is 1. The van der Waals surface area contributed by atoms with E-state index in [4.69, 9.17) is 0 Å². The second-order valence-electron chi connectivity index (χ2n) is 7.14. The van der Waals surface area contributed by atoms with Gasteiger partial charge in [0.25, 0.3) is 0 Å². The number of rotatable bonds is 3. The van der Waals surface area contributed by atoms with Crippen molar-refractivity contribution in [3.63, 3.8) is 0 Å². The molecule has 0 bridgehead atoms. The molecule has 94 valence electrons. The van der Waals surface area contributed by atoms with Crippen LogP contribution in [0.1, 0.15) is 53.4 Å². The highest BCUT2D eigenvalue weighted by Crippen LogP contribution is 2.56. The quantitative estimate of drug-likeness (QED) is 0.769. The third-order valence-electron chi connectivity index (χ3n) is 5.50. The predicted octanol–water partition coefficient (Wildman–Crippen LogP) is 3.69. The Bertz CT molecular complexity index is 246. The minimum absolute atomic E-state index is 0.611. The molecule has 1 heteroatoms. The summed E-state index contributed by atoms with van der Waals surface area (Å²) in [6, 6.07) is 0.782. The molecule has 0 heterocycles. The topological polar surface area (TPSA) is 12.0 Å². The molecule has 0 aromatic rings. The van der Waals surface area contributed by atoms with Gasteiger partial charge in [0.05, 0.1) is 0 Å². The minimum Gasteiger partial charge on any atom is -0.316 e. The molecule has 2 aliphatic carbocycles. The van der Waals surface area contributed by atoms with Crippen molar-refractivity contribution in [3.05, 3.63) is 0 Å². The van der Waals surface area contributed by atoms with E-state index < -0.39 is 0 Å². The Morgan fingerprint density at radius 1 is 1.12 bits per heavy atom. The molecule has 0 saturated heterocycles. The van der Waals surface area contributed by atoms with E-state index in [0.29, 0.717) is 5.41 Å². The molecule has 0 aliphatic heterocycles. The highest BCUT2D eigenvalue weighted by molar-refractivity contribution is 5.04. The average Bonchev–Trinajstić information content (AvgIpc) is 2.82. The third-order valence-corrected chi connectivity index (χ3v) is 5.50. The monoisotopic (exact) mass is 223 g/mol. The van der Waals surface area contributed by atoms with Gasteiger partial charge in [-0.05, 0) is 55.4 Å². The summed E-state index contributed by atoms with van der Waals surface area (Å²) in [5.41, 5.74) is 0.611. The molecule has 2 saturated carbocycles. The van der Waals surface area contributed by atoms with Crippen LogP contribution in [0.4, 0.5) is 0 Å². The van der Waals surface area contributed by atoms with E-state index in [-0.39, 0.29) is 0 Å². The van der Waals surface area contributed by atoms with Crippen LogP contribution in [0.25, 0.3) is 0 Å². The molecule has 2 fully saturated rings. The van der Waals surface area contributed by atoms with E-state index in [0.717, 1.165) is 29.7 Å². The van der Waals surface area contributed by atoms with Crippen LogP contribution in [0.3, 0.4) is 0 Å². The van der Waals surface area contributed by atoms with E-state index in [2.05, 4.69) is 40.1 Å². The standard InChI is InChI=1S/C15H29N/c1-10-6-7-12(8-11(10)2)14(16-5)13-9-15(13,3)4/h10-14,16H,6-9H2,1-5H3. The first-order valence-electron chi connectivity index (χ1n) is 7.13.